The summed E-state index contributed by atoms with van der Waals surface area (Å²) in [6.45, 7) is 5.45. The lowest BCUT2D eigenvalue weighted by molar-refractivity contribution is -0.359. The predicted molar refractivity (Wildman–Crippen MR) is 126 cm³/mol. The van der Waals surface area contributed by atoms with Crippen molar-refractivity contribution in [3.05, 3.63) is 71.8 Å². The van der Waals surface area contributed by atoms with Gasteiger partial charge in [-0.25, -0.2) is 0 Å². The summed E-state index contributed by atoms with van der Waals surface area (Å²) in [4.78, 5) is 13.2. The maximum atomic E-state index is 13.2. The smallest absolute Gasteiger partial charge is 0.184 e. The summed E-state index contributed by atoms with van der Waals surface area (Å²) in [5.41, 5.74) is 0.479. The molecule has 6 atom stereocenters. The van der Waals surface area contributed by atoms with E-state index in [9.17, 15) is 4.79 Å². The number of hydrogen-bond acceptors (Lipinski definition) is 6. The monoisotopic (exact) mass is 466 g/mol. The van der Waals surface area contributed by atoms with Gasteiger partial charge < -0.3 is 23.7 Å². The highest BCUT2D eigenvalue weighted by Gasteiger charge is 2.60. The van der Waals surface area contributed by atoms with Gasteiger partial charge in [0.15, 0.2) is 17.7 Å². The molecule has 0 unspecified atom stereocenters. The minimum absolute atomic E-state index is 0.101. The number of rotatable bonds is 7. The van der Waals surface area contributed by atoms with E-state index < -0.39 is 17.5 Å². The molecule has 182 valence electrons. The molecule has 0 spiro atoms. The van der Waals surface area contributed by atoms with Gasteiger partial charge in [0.25, 0.3) is 0 Å². The van der Waals surface area contributed by atoms with Gasteiger partial charge in [0, 0.05) is 25.0 Å². The maximum absolute atomic E-state index is 13.2. The quantitative estimate of drug-likeness (QED) is 0.548. The number of ketones is 1. The largest absolute Gasteiger partial charge is 0.377 e. The summed E-state index contributed by atoms with van der Waals surface area (Å²) in [5, 5.41) is 0. The van der Waals surface area contributed by atoms with E-state index in [-0.39, 0.29) is 24.1 Å². The number of ether oxygens (including phenoxy) is 5. The van der Waals surface area contributed by atoms with E-state index in [4.69, 9.17) is 23.7 Å². The summed E-state index contributed by atoms with van der Waals surface area (Å²) < 4.78 is 31.1. The van der Waals surface area contributed by atoms with Crippen LogP contribution in [0, 0.1) is 0 Å². The molecule has 0 bridgehead atoms. The average Bonchev–Trinajstić information content (AvgIpc) is 2.84. The maximum Gasteiger partial charge on any atom is 0.184 e. The van der Waals surface area contributed by atoms with Gasteiger partial charge in [-0.2, -0.15) is 0 Å². The van der Waals surface area contributed by atoms with Gasteiger partial charge in [0.05, 0.1) is 31.5 Å². The van der Waals surface area contributed by atoms with Crippen LogP contribution in [-0.4, -0.2) is 48.5 Å². The summed E-state index contributed by atoms with van der Waals surface area (Å²) in [5.74, 6) is 0.101. The van der Waals surface area contributed by atoms with E-state index in [1.54, 1.807) is 0 Å². The molecule has 0 saturated carbocycles. The molecule has 0 aliphatic carbocycles. The fraction of sp³-hybridized carbons (Fsp3) is 0.536. The van der Waals surface area contributed by atoms with Gasteiger partial charge in [-0.05, 0) is 32.3 Å². The van der Waals surface area contributed by atoms with Crippen LogP contribution in [0.25, 0.3) is 0 Å². The third-order valence-electron chi connectivity index (χ3n) is 7.30. The zero-order valence-electron chi connectivity index (χ0n) is 20.0. The van der Waals surface area contributed by atoms with Crippen molar-refractivity contribution in [3.63, 3.8) is 0 Å². The van der Waals surface area contributed by atoms with Crippen LogP contribution in [0.1, 0.15) is 56.9 Å². The summed E-state index contributed by atoms with van der Waals surface area (Å²) >= 11 is 0. The van der Waals surface area contributed by atoms with Gasteiger partial charge in [0.1, 0.15) is 5.60 Å². The highest BCUT2D eigenvalue weighted by atomic mass is 16.7. The van der Waals surface area contributed by atoms with E-state index in [2.05, 4.69) is 12.1 Å². The van der Waals surface area contributed by atoms with Crippen LogP contribution >= 0.6 is 0 Å². The van der Waals surface area contributed by atoms with Crippen LogP contribution in [0.4, 0.5) is 0 Å². The summed E-state index contributed by atoms with van der Waals surface area (Å²) in [7, 11) is 0. The van der Waals surface area contributed by atoms with Crippen molar-refractivity contribution < 1.29 is 28.5 Å². The van der Waals surface area contributed by atoms with Crippen LogP contribution in [0.3, 0.4) is 0 Å². The molecule has 3 saturated heterocycles. The molecule has 0 N–H and O–H groups in total. The molecule has 0 aromatic heterocycles. The van der Waals surface area contributed by atoms with Gasteiger partial charge in [-0.3, -0.25) is 4.79 Å². The van der Waals surface area contributed by atoms with E-state index in [0.29, 0.717) is 32.7 Å². The first-order valence-corrected chi connectivity index (χ1v) is 12.3. The van der Waals surface area contributed by atoms with Crippen LogP contribution in [0.15, 0.2) is 60.7 Å². The Morgan fingerprint density at radius 3 is 2.47 bits per heavy atom. The number of benzene rings is 2. The van der Waals surface area contributed by atoms with E-state index in [0.717, 1.165) is 24.0 Å². The zero-order valence-corrected chi connectivity index (χ0v) is 20.0. The van der Waals surface area contributed by atoms with Gasteiger partial charge in [0.2, 0.25) is 0 Å². The Morgan fingerprint density at radius 1 is 0.971 bits per heavy atom. The highest BCUT2D eigenvalue weighted by molar-refractivity contribution is 5.89. The standard InChI is InChI=1S/C28H34O6/c1-27-19-31-26(21-12-7-4-8-13-21)33-24(27)17-25-28(2,34-27)23(29)16-22(32-25)14-9-15-30-18-20-10-5-3-6-11-20/h3-8,10-13,22,24-26H,9,14-19H2,1-2H3/t22-,24-,25+,26+,27+,28-/m0/s1. The third kappa shape index (κ3) is 4.83. The van der Waals surface area contributed by atoms with Crippen molar-refractivity contribution in [1.82, 2.24) is 0 Å². The average molecular weight is 467 g/mol. The molecule has 3 aliphatic rings. The molecule has 6 heteroatoms. The van der Waals surface area contributed by atoms with Crippen molar-refractivity contribution in [1.29, 1.82) is 0 Å². The van der Waals surface area contributed by atoms with Crippen LogP contribution in [-0.2, 0) is 35.1 Å². The first-order valence-electron chi connectivity index (χ1n) is 12.3. The van der Waals surface area contributed by atoms with Crippen LogP contribution in [0.2, 0.25) is 0 Å². The minimum atomic E-state index is -0.974. The summed E-state index contributed by atoms with van der Waals surface area (Å²) in [6, 6.07) is 20.1. The molecule has 5 rings (SSSR count). The zero-order chi connectivity index (χ0) is 23.6. The van der Waals surface area contributed by atoms with E-state index >= 15 is 0 Å². The minimum Gasteiger partial charge on any atom is -0.377 e. The lowest BCUT2D eigenvalue weighted by Crippen LogP contribution is -2.69. The topological polar surface area (TPSA) is 63.2 Å². The summed E-state index contributed by atoms with van der Waals surface area (Å²) in [6.07, 6.45) is 1.48. The van der Waals surface area contributed by atoms with Gasteiger partial charge in [-0.15, -0.1) is 0 Å². The number of fused-ring (bicyclic) bond motifs is 2. The lowest BCUT2D eigenvalue weighted by Gasteiger charge is -2.56. The number of carbonyl (C=O) groups is 1. The number of hydrogen-bond donors (Lipinski definition) is 0. The number of Topliss-reactive ketones (excluding diaryl/α,β-unsaturated/α-hetero) is 1. The molecule has 6 nitrogen and oxygen atoms in total. The van der Waals surface area contributed by atoms with Crippen molar-refractivity contribution in [3.8, 4) is 0 Å². The molecule has 3 fully saturated rings. The fourth-order valence-corrected chi connectivity index (χ4v) is 5.28. The van der Waals surface area contributed by atoms with Crippen LogP contribution in [0.5, 0.6) is 0 Å². The molecule has 0 amide bonds. The number of carbonyl (C=O) groups excluding carboxylic acids is 1. The Morgan fingerprint density at radius 2 is 1.71 bits per heavy atom. The second-order valence-corrected chi connectivity index (χ2v) is 9.99. The molecule has 0 radical (unpaired) electrons. The first kappa shape index (κ1) is 23.6. The highest BCUT2D eigenvalue weighted by Crippen LogP contribution is 2.47. The SMILES string of the molecule is C[C@@]12CO[C@@H](c3ccccc3)O[C@H]1C[C@H]1O[C@@H](CCCOCc3ccccc3)CC(=O)[C@]1(C)O2. The van der Waals surface area contributed by atoms with Crippen LogP contribution < -0.4 is 0 Å². The van der Waals surface area contributed by atoms with Gasteiger partial charge >= 0.3 is 0 Å². The van der Waals surface area contributed by atoms with E-state index in [1.807, 2.05) is 62.4 Å². The van der Waals surface area contributed by atoms with Crippen molar-refractivity contribution >= 4 is 5.78 Å². The molecular weight excluding hydrogens is 432 g/mol. The molecule has 34 heavy (non-hydrogen) atoms. The Kier molecular flexibility index (Phi) is 6.87. The Bertz CT molecular complexity index is 965. The fourth-order valence-electron chi connectivity index (χ4n) is 5.28. The van der Waals surface area contributed by atoms with Gasteiger partial charge in [-0.1, -0.05) is 60.7 Å². The molecular formula is C28H34O6. The normalized spacial score (nSPS) is 35.4. The molecule has 3 aliphatic heterocycles. The second-order valence-electron chi connectivity index (χ2n) is 9.99. The Balaban J connectivity index is 1.17. The first-order chi connectivity index (χ1) is 16.5. The Hall–Kier alpha value is -2.09. The molecule has 2 aromatic rings. The molecule has 2 aromatic carbocycles. The second kappa shape index (κ2) is 9.88. The molecule has 3 heterocycles. The Labute approximate surface area is 201 Å². The van der Waals surface area contributed by atoms with Crippen molar-refractivity contribution in [2.75, 3.05) is 13.2 Å². The van der Waals surface area contributed by atoms with Crippen molar-refractivity contribution in [2.45, 2.75) is 81.9 Å². The van der Waals surface area contributed by atoms with Crippen molar-refractivity contribution in [2.24, 2.45) is 0 Å². The van der Waals surface area contributed by atoms with E-state index in [1.165, 1.54) is 0 Å². The lowest BCUT2D eigenvalue weighted by atomic mass is 9.76. The third-order valence-corrected chi connectivity index (χ3v) is 7.30. The predicted octanol–water partition coefficient (Wildman–Crippen LogP) is 4.76.